The smallest absolute Gasteiger partial charge is 0.139 e. The Bertz CT molecular complexity index is 318. The van der Waals surface area contributed by atoms with Crippen LogP contribution >= 0.6 is 12.6 Å². The molecule has 2 unspecified atom stereocenters. The van der Waals surface area contributed by atoms with E-state index in [9.17, 15) is 10.2 Å². The Hall–Kier alpha value is -0.353. The van der Waals surface area contributed by atoms with E-state index in [1.165, 1.54) is 0 Å². The monoisotopic (exact) mass is 274 g/mol. The zero-order valence-corrected chi connectivity index (χ0v) is 12.4. The third kappa shape index (κ3) is 4.80. The van der Waals surface area contributed by atoms with Crippen LogP contribution in [-0.4, -0.2) is 47.9 Å². The summed E-state index contributed by atoms with van der Waals surface area (Å²) < 4.78 is 4.45. The molecule has 0 aromatic carbocycles. The van der Waals surface area contributed by atoms with Crippen LogP contribution in [-0.2, 0) is 4.74 Å². The SMILES string of the molecule is CCCC(S)(C#N)[Si]=C(O)C(C)(CO)OCC. The Kier molecular flexibility index (Phi) is 7.01. The zero-order chi connectivity index (χ0) is 13.5. The molecule has 0 fully saturated rings. The summed E-state index contributed by atoms with van der Waals surface area (Å²) >= 11 is 4.31. The van der Waals surface area contributed by atoms with E-state index in [0.29, 0.717) is 13.0 Å². The fourth-order valence-corrected chi connectivity index (χ4v) is 3.12. The summed E-state index contributed by atoms with van der Waals surface area (Å²) in [5.41, 5.74) is -1.11. The second-order valence-corrected chi connectivity index (χ2v) is 6.78. The molecule has 0 aromatic heterocycles. The van der Waals surface area contributed by atoms with E-state index in [1.54, 1.807) is 13.8 Å². The van der Waals surface area contributed by atoms with E-state index in [1.807, 2.05) is 6.92 Å². The van der Waals surface area contributed by atoms with Gasteiger partial charge in [0.1, 0.15) is 24.5 Å². The lowest BCUT2D eigenvalue weighted by molar-refractivity contribution is -0.0199. The minimum Gasteiger partial charge on any atom is -0.515 e. The molecule has 4 nitrogen and oxygen atoms in total. The lowest BCUT2D eigenvalue weighted by Crippen LogP contribution is -2.46. The average Bonchev–Trinajstić information content (AvgIpc) is 2.29. The normalized spacial score (nSPS) is 19.2. The van der Waals surface area contributed by atoms with Gasteiger partial charge < -0.3 is 14.9 Å². The van der Waals surface area contributed by atoms with Crippen molar-refractivity contribution in [3.8, 4) is 6.07 Å². The predicted molar refractivity (Wildman–Crippen MR) is 72.1 cm³/mol. The molecule has 0 spiro atoms. The van der Waals surface area contributed by atoms with Crippen LogP contribution in [0.25, 0.3) is 0 Å². The van der Waals surface area contributed by atoms with Crippen LogP contribution in [0.1, 0.15) is 33.6 Å². The summed E-state index contributed by atoms with van der Waals surface area (Å²) in [6.45, 7) is 5.41. The van der Waals surface area contributed by atoms with Gasteiger partial charge in [0, 0.05) is 6.61 Å². The molecule has 0 aliphatic heterocycles. The van der Waals surface area contributed by atoms with Gasteiger partial charge in [-0.2, -0.15) is 17.9 Å². The van der Waals surface area contributed by atoms with E-state index >= 15 is 0 Å². The molecular weight excluding hydrogens is 254 g/mol. The molecule has 0 heterocycles. The van der Waals surface area contributed by atoms with Crippen molar-refractivity contribution in [3.63, 3.8) is 0 Å². The topological polar surface area (TPSA) is 73.5 Å². The second kappa shape index (κ2) is 7.16. The number of nitrogens with zero attached hydrogens (tertiary/aromatic N) is 1. The summed E-state index contributed by atoms with van der Waals surface area (Å²) in [5.74, 6) is 0. The molecule has 6 heteroatoms. The third-order valence-electron chi connectivity index (χ3n) is 2.39. The molecule has 0 saturated heterocycles. The molecule has 1 radical (unpaired) electrons. The van der Waals surface area contributed by atoms with Gasteiger partial charge in [0.15, 0.2) is 0 Å². The predicted octanol–water partition coefficient (Wildman–Crippen LogP) is 0.930. The Labute approximate surface area is 110 Å². The van der Waals surface area contributed by atoms with Gasteiger partial charge in [-0.25, -0.2) is 0 Å². The maximum absolute atomic E-state index is 10.0. The van der Waals surface area contributed by atoms with Crippen LogP contribution in [0.4, 0.5) is 0 Å². The van der Waals surface area contributed by atoms with Crippen LogP contribution < -0.4 is 0 Å². The van der Waals surface area contributed by atoms with Crippen LogP contribution in [0.5, 0.6) is 0 Å². The van der Waals surface area contributed by atoms with Gasteiger partial charge in [-0.15, -0.1) is 0 Å². The van der Waals surface area contributed by atoms with E-state index in [4.69, 9.17) is 10.00 Å². The number of hydrogen-bond donors (Lipinski definition) is 3. The van der Waals surface area contributed by atoms with Crippen LogP contribution in [0, 0.1) is 11.3 Å². The standard InChI is InChI=1S/C11H20NO3SSi/c1-4-6-11(16,7-12)17-9(14)10(3,8-13)15-5-2/h13-14,16H,4-6,8H2,1-3H3. The zero-order valence-electron chi connectivity index (χ0n) is 10.5. The molecule has 0 aliphatic carbocycles. The molecule has 0 saturated carbocycles. The van der Waals surface area contributed by atoms with Gasteiger partial charge in [-0.3, -0.25) is 0 Å². The Morgan fingerprint density at radius 3 is 2.47 bits per heavy atom. The number of ether oxygens (including phenoxy) is 1. The molecule has 2 N–H and O–H groups in total. The minimum absolute atomic E-state index is 0.00755. The lowest BCUT2D eigenvalue weighted by Gasteiger charge is -2.28. The summed E-state index contributed by atoms with van der Waals surface area (Å²) in [5, 5.41) is 28.4. The summed E-state index contributed by atoms with van der Waals surface area (Å²) in [4.78, 5) is 0. The first-order valence-electron chi connectivity index (χ1n) is 5.60. The lowest BCUT2D eigenvalue weighted by atomic mass is 10.1. The highest BCUT2D eigenvalue weighted by molar-refractivity contribution is 7.83. The maximum atomic E-state index is 10.0. The van der Waals surface area contributed by atoms with Gasteiger partial charge in [-0.05, 0) is 20.3 Å². The van der Waals surface area contributed by atoms with Crippen molar-refractivity contribution in [1.29, 1.82) is 5.26 Å². The number of aliphatic hydroxyl groups is 2. The Morgan fingerprint density at radius 1 is 1.53 bits per heavy atom. The van der Waals surface area contributed by atoms with E-state index in [0.717, 1.165) is 6.42 Å². The fourth-order valence-electron chi connectivity index (χ4n) is 1.34. The Balaban J connectivity index is 5.11. The van der Waals surface area contributed by atoms with Crippen LogP contribution in [0.2, 0.25) is 0 Å². The van der Waals surface area contributed by atoms with Gasteiger partial charge in [-0.1, -0.05) is 13.3 Å². The highest BCUT2D eigenvalue weighted by Crippen LogP contribution is 2.19. The molecule has 17 heavy (non-hydrogen) atoms. The highest BCUT2D eigenvalue weighted by Gasteiger charge is 2.33. The van der Waals surface area contributed by atoms with Crippen LogP contribution in [0.15, 0.2) is 0 Å². The first-order chi connectivity index (χ1) is 7.87. The van der Waals surface area contributed by atoms with Crippen molar-refractivity contribution < 1.29 is 14.9 Å². The first-order valence-corrected chi connectivity index (χ1v) is 7.05. The Morgan fingerprint density at radius 2 is 2.12 bits per heavy atom. The van der Waals surface area contributed by atoms with Gasteiger partial charge in [0.2, 0.25) is 0 Å². The fraction of sp³-hybridized carbons (Fsp3) is 0.818. The summed E-state index contributed by atoms with van der Waals surface area (Å²) in [6, 6.07) is 2.11. The van der Waals surface area contributed by atoms with Crippen molar-refractivity contribution in [3.05, 3.63) is 0 Å². The molecule has 2 atom stereocenters. The van der Waals surface area contributed by atoms with Crippen molar-refractivity contribution in [1.82, 2.24) is 0 Å². The number of thiol groups is 1. The number of rotatable bonds is 7. The molecule has 0 rings (SSSR count). The van der Waals surface area contributed by atoms with Crippen molar-refractivity contribution in [2.24, 2.45) is 0 Å². The number of nitriles is 1. The van der Waals surface area contributed by atoms with Gasteiger partial charge in [0.05, 0.1) is 12.7 Å². The van der Waals surface area contributed by atoms with E-state index in [2.05, 4.69) is 18.7 Å². The quantitative estimate of drug-likeness (QED) is 0.477. The molecule has 0 aliphatic rings. The largest absolute Gasteiger partial charge is 0.515 e. The molecule has 0 bridgehead atoms. The van der Waals surface area contributed by atoms with Crippen molar-refractivity contribution in [2.75, 3.05) is 13.2 Å². The molecule has 0 aromatic rings. The van der Waals surface area contributed by atoms with Gasteiger partial charge in [0.25, 0.3) is 0 Å². The minimum atomic E-state index is -1.11. The highest BCUT2D eigenvalue weighted by atomic mass is 32.1. The molecule has 97 valence electrons. The molecule has 0 amide bonds. The first kappa shape index (κ1) is 16.6. The van der Waals surface area contributed by atoms with Crippen molar-refractivity contribution in [2.45, 2.75) is 43.6 Å². The second-order valence-electron chi connectivity index (χ2n) is 4.02. The summed E-state index contributed by atoms with van der Waals surface area (Å²) in [6.07, 6.45) is 1.39. The molecular formula is C11H20NO3SSi. The van der Waals surface area contributed by atoms with E-state index < -0.39 is 9.97 Å². The summed E-state index contributed by atoms with van der Waals surface area (Å²) in [7, 11) is -0.185. The third-order valence-corrected chi connectivity index (χ3v) is 4.59. The van der Waals surface area contributed by atoms with Crippen molar-refractivity contribution >= 4 is 27.1 Å². The number of aliphatic hydroxyl groups excluding tert-OH is 2. The van der Waals surface area contributed by atoms with Gasteiger partial charge >= 0.3 is 0 Å². The van der Waals surface area contributed by atoms with E-state index in [-0.39, 0.29) is 21.1 Å². The van der Waals surface area contributed by atoms with Crippen LogP contribution in [0.3, 0.4) is 0 Å². The maximum Gasteiger partial charge on any atom is 0.139 e. The number of hydrogen-bond acceptors (Lipinski definition) is 5. The average molecular weight is 274 g/mol.